The first kappa shape index (κ1) is 53.2. The molecule has 30 heteroatoms. The molecular weight excluding hydrogens is 847 g/mol. The quantitative estimate of drug-likeness (QED) is 0.0583. The molecule has 4 unspecified atom stereocenters. The van der Waals surface area contributed by atoms with Gasteiger partial charge in [-0.1, -0.05) is 0 Å². The van der Waals surface area contributed by atoms with Crippen molar-refractivity contribution in [3.63, 3.8) is 0 Å². The van der Waals surface area contributed by atoms with Crippen LogP contribution in [-0.2, 0) is 42.7 Å². The van der Waals surface area contributed by atoms with Crippen LogP contribution >= 0.6 is 0 Å². The van der Waals surface area contributed by atoms with Crippen molar-refractivity contribution in [1.29, 1.82) is 0 Å². The van der Waals surface area contributed by atoms with Crippen molar-refractivity contribution < 1.29 is 131 Å². The molecule has 0 aromatic carbocycles. The monoisotopic (exact) mass is 879 g/mol. The SMILES string of the molecule is COC(COC(F)(COC(=O)CCCCOCCOCCCNC(=O)OCC(OC(F)(F)C(F)(OCC(F)(F)F)C(F)(F)F)C(F)(F)F)C(F)(F)F)C(F)(F)F. The van der Waals surface area contributed by atoms with Gasteiger partial charge in [0, 0.05) is 33.3 Å². The van der Waals surface area contributed by atoms with E-state index in [9.17, 15) is 93.0 Å². The smallest absolute Gasteiger partial charge is 0.457 e. The third-order valence-electron chi connectivity index (χ3n) is 6.18. The first-order valence-electron chi connectivity index (χ1n) is 15.0. The fourth-order valence-corrected chi connectivity index (χ4v) is 3.28. The van der Waals surface area contributed by atoms with Crippen molar-refractivity contribution in [2.24, 2.45) is 0 Å². The van der Waals surface area contributed by atoms with Crippen LogP contribution < -0.4 is 5.32 Å². The Labute approximate surface area is 302 Å². The lowest BCUT2D eigenvalue weighted by atomic mass is 10.2. The van der Waals surface area contributed by atoms with Crippen molar-refractivity contribution >= 4 is 12.1 Å². The highest BCUT2D eigenvalue weighted by Crippen LogP contribution is 2.49. The minimum absolute atomic E-state index is 0.0732. The Balaban J connectivity index is 4.47. The van der Waals surface area contributed by atoms with Crippen LogP contribution in [-0.4, -0.2) is 139 Å². The van der Waals surface area contributed by atoms with Crippen molar-refractivity contribution in [2.75, 3.05) is 66.5 Å². The van der Waals surface area contributed by atoms with Gasteiger partial charge in [0.1, 0.15) is 13.2 Å². The van der Waals surface area contributed by atoms with Gasteiger partial charge < -0.3 is 38.5 Å². The molecule has 0 aliphatic carbocycles. The fraction of sp³-hybridized carbons (Fsp3) is 0.923. The van der Waals surface area contributed by atoms with E-state index in [1.807, 2.05) is 0 Å². The third kappa shape index (κ3) is 19.1. The molecule has 0 rings (SSSR count). The van der Waals surface area contributed by atoms with Crippen LogP contribution in [0.4, 0.5) is 88.2 Å². The number of methoxy groups -OCH3 is 1. The summed E-state index contributed by atoms with van der Waals surface area (Å²) >= 11 is 0. The van der Waals surface area contributed by atoms with E-state index in [1.165, 1.54) is 0 Å². The summed E-state index contributed by atoms with van der Waals surface area (Å²) in [6, 6.07) is 0. The van der Waals surface area contributed by atoms with Gasteiger partial charge in [-0.05, 0) is 19.3 Å². The normalized spacial score (nSPS) is 16.8. The topological polar surface area (TPSA) is 120 Å². The molecule has 0 saturated carbocycles. The molecule has 0 bridgehead atoms. The van der Waals surface area contributed by atoms with Gasteiger partial charge in [0.2, 0.25) is 0 Å². The molecule has 0 aliphatic rings. The van der Waals surface area contributed by atoms with Crippen LogP contribution in [0.25, 0.3) is 0 Å². The number of rotatable bonds is 25. The molecule has 56 heavy (non-hydrogen) atoms. The van der Waals surface area contributed by atoms with Crippen LogP contribution in [0.15, 0.2) is 0 Å². The van der Waals surface area contributed by atoms with Gasteiger partial charge in [-0.3, -0.25) is 9.53 Å². The van der Waals surface area contributed by atoms with E-state index in [0.717, 1.165) is 0 Å². The molecule has 0 radical (unpaired) electrons. The van der Waals surface area contributed by atoms with Crippen molar-refractivity contribution in [3.8, 4) is 0 Å². The van der Waals surface area contributed by atoms with Gasteiger partial charge in [-0.15, -0.1) is 0 Å². The van der Waals surface area contributed by atoms with Gasteiger partial charge in [0.25, 0.3) is 0 Å². The van der Waals surface area contributed by atoms with Crippen LogP contribution in [0.5, 0.6) is 0 Å². The lowest BCUT2D eigenvalue weighted by Gasteiger charge is -2.36. The van der Waals surface area contributed by atoms with Gasteiger partial charge in [-0.25, -0.2) is 4.79 Å². The van der Waals surface area contributed by atoms with Crippen molar-refractivity contribution in [1.82, 2.24) is 5.32 Å². The van der Waals surface area contributed by atoms with Gasteiger partial charge in [-0.2, -0.15) is 83.4 Å². The Morgan fingerprint density at radius 3 is 1.59 bits per heavy atom. The Bertz CT molecular complexity index is 1170. The number of unbranched alkanes of at least 4 members (excludes halogenated alkanes) is 1. The largest absolute Gasteiger partial charge is 0.459 e. The predicted molar refractivity (Wildman–Crippen MR) is 141 cm³/mol. The summed E-state index contributed by atoms with van der Waals surface area (Å²) in [5, 5.41) is 1.77. The molecule has 0 saturated heterocycles. The van der Waals surface area contributed by atoms with Gasteiger partial charge in [0.15, 0.2) is 18.8 Å². The second-order valence-electron chi connectivity index (χ2n) is 10.7. The molecule has 4 atom stereocenters. The maximum Gasteiger partial charge on any atom is 0.457 e. The number of alkyl halides is 19. The zero-order chi connectivity index (χ0) is 43.9. The van der Waals surface area contributed by atoms with E-state index in [-0.39, 0.29) is 45.7 Å². The number of carbonyl (C=O) groups is 2. The Morgan fingerprint density at radius 1 is 0.589 bits per heavy atom. The number of hydrogen-bond acceptors (Lipinski definition) is 10. The molecule has 0 aliphatic heterocycles. The van der Waals surface area contributed by atoms with Gasteiger partial charge >= 0.3 is 60.8 Å². The molecule has 0 fully saturated rings. The summed E-state index contributed by atoms with van der Waals surface area (Å²) in [5.41, 5.74) is 0. The van der Waals surface area contributed by atoms with Crippen molar-refractivity contribution in [2.45, 2.75) is 86.6 Å². The van der Waals surface area contributed by atoms with E-state index < -0.39 is 112 Å². The highest BCUT2D eigenvalue weighted by Gasteiger charge is 2.76. The van der Waals surface area contributed by atoms with E-state index >= 15 is 0 Å². The molecule has 0 heterocycles. The van der Waals surface area contributed by atoms with E-state index in [4.69, 9.17) is 9.47 Å². The molecule has 1 amide bonds. The summed E-state index contributed by atoms with van der Waals surface area (Å²) in [4.78, 5) is 23.2. The first-order valence-corrected chi connectivity index (χ1v) is 15.0. The zero-order valence-electron chi connectivity index (χ0n) is 28.1. The van der Waals surface area contributed by atoms with Gasteiger partial charge in [0.05, 0.1) is 19.8 Å². The Morgan fingerprint density at radius 2 is 1.12 bits per heavy atom. The van der Waals surface area contributed by atoms with E-state index in [2.05, 4.69) is 28.4 Å². The maximum atomic E-state index is 14.3. The highest BCUT2D eigenvalue weighted by molar-refractivity contribution is 5.69. The summed E-state index contributed by atoms with van der Waals surface area (Å²) in [7, 11) is 0.487. The molecule has 334 valence electrons. The average molecular weight is 880 g/mol. The number of nitrogens with one attached hydrogen (secondary N) is 1. The zero-order valence-corrected chi connectivity index (χ0v) is 28.1. The van der Waals surface area contributed by atoms with Crippen LogP contribution in [0.2, 0.25) is 0 Å². The maximum absolute atomic E-state index is 14.3. The lowest BCUT2D eigenvalue weighted by Crippen LogP contribution is -2.61. The molecule has 11 nitrogen and oxygen atoms in total. The number of alkyl carbamates (subject to hydrolysis) is 1. The predicted octanol–water partition coefficient (Wildman–Crippen LogP) is 7.02. The number of ether oxygens (including phenoxy) is 8. The summed E-state index contributed by atoms with van der Waals surface area (Å²) in [6.07, 6.45) is -46.5. The Hall–Kier alpha value is -2.83. The van der Waals surface area contributed by atoms with E-state index in [1.54, 1.807) is 5.32 Å². The average Bonchev–Trinajstić information content (AvgIpc) is 3.02. The van der Waals surface area contributed by atoms with Crippen LogP contribution in [0.3, 0.4) is 0 Å². The second-order valence-corrected chi connectivity index (χ2v) is 10.7. The molecule has 0 spiro atoms. The first-order chi connectivity index (χ1) is 25.2. The summed E-state index contributed by atoms with van der Waals surface area (Å²) < 4.78 is 278. The standard InChI is InChI=1S/C26H32F19NO10/c1-49-15(21(31,32)33)12-54-19(27,24(38,39)40)13-53-17(47)5-2-3-7-50-9-10-51-8-4-6-46-18(48)52-11-16(22(34,35)36)56-26(44,45)23(37,25(41,42)43)55-14-20(28,29)30/h15-16H,2-14H2,1H3,(H,46,48). The summed E-state index contributed by atoms with van der Waals surface area (Å²) in [6.45, 7) is -10.6. The highest BCUT2D eigenvalue weighted by atomic mass is 19.4. The second kappa shape index (κ2) is 21.8. The molecule has 1 N–H and O–H groups in total. The number of halogens is 19. The van der Waals surface area contributed by atoms with E-state index in [0.29, 0.717) is 7.11 Å². The number of amides is 1. The third-order valence-corrected chi connectivity index (χ3v) is 6.18. The van der Waals surface area contributed by atoms with Crippen LogP contribution in [0.1, 0.15) is 25.7 Å². The Kier molecular flexibility index (Phi) is 20.7. The molecule has 0 aromatic heterocycles. The number of carbonyl (C=O) groups excluding carboxylic acids is 2. The minimum atomic E-state index is -7.06. The lowest BCUT2D eigenvalue weighted by molar-refractivity contribution is -0.480. The molecular formula is C26H32F19NO10. The van der Waals surface area contributed by atoms with Crippen molar-refractivity contribution in [3.05, 3.63) is 0 Å². The minimum Gasteiger partial charge on any atom is -0.459 e. The molecule has 0 aromatic rings. The fourth-order valence-electron chi connectivity index (χ4n) is 3.28. The summed E-state index contributed by atoms with van der Waals surface area (Å²) in [5.74, 6) is -12.9. The number of esters is 1. The number of hydrogen-bond donors (Lipinski definition) is 1. The van der Waals surface area contributed by atoms with Crippen LogP contribution in [0, 0.1) is 0 Å².